The molecule has 0 unspecified atom stereocenters. The SMILES string of the molecule is O=C(OC1CCCC1)C(Cl)(Cl)Cl. The largest absolute Gasteiger partial charge is 0.459 e. The molecule has 0 bridgehead atoms. The molecule has 1 aliphatic rings. The van der Waals surface area contributed by atoms with Gasteiger partial charge in [0.2, 0.25) is 0 Å². The fourth-order valence-electron chi connectivity index (χ4n) is 1.22. The van der Waals surface area contributed by atoms with Crippen molar-refractivity contribution >= 4 is 40.8 Å². The summed E-state index contributed by atoms with van der Waals surface area (Å²) in [5, 5.41) is 0. The molecule has 70 valence electrons. The van der Waals surface area contributed by atoms with Crippen molar-refractivity contribution in [2.75, 3.05) is 0 Å². The van der Waals surface area contributed by atoms with Gasteiger partial charge in [-0.2, -0.15) is 0 Å². The molecule has 1 aliphatic carbocycles. The second-order valence-corrected chi connectivity index (χ2v) is 5.09. The van der Waals surface area contributed by atoms with E-state index in [9.17, 15) is 4.79 Å². The highest BCUT2D eigenvalue weighted by molar-refractivity contribution is 6.75. The summed E-state index contributed by atoms with van der Waals surface area (Å²) in [5.41, 5.74) is 0. The first-order chi connectivity index (χ1) is 5.50. The van der Waals surface area contributed by atoms with Gasteiger partial charge in [-0.3, -0.25) is 0 Å². The Morgan fingerprint density at radius 1 is 1.25 bits per heavy atom. The minimum absolute atomic E-state index is 0.0480. The molecule has 1 fully saturated rings. The van der Waals surface area contributed by atoms with Gasteiger partial charge in [-0.15, -0.1) is 0 Å². The fourth-order valence-corrected chi connectivity index (χ4v) is 1.36. The molecule has 0 heterocycles. The molecule has 1 saturated carbocycles. The van der Waals surface area contributed by atoms with E-state index in [0.717, 1.165) is 25.7 Å². The molecular formula is C7H9Cl3O2. The molecule has 0 aromatic carbocycles. The van der Waals surface area contributed by atoms with Gasteiger partial charge in [0.1, 0.15) is 6.10 Å². The lowest BCUT2D eigenvalue weighted by atomic mass is 10.3. The van der Waals surface area contributed by atoms with Crippen LogP contribution in [0.15, 0.2) is 0 Å². The molecule has 5 heteroatoms. The number of hydrogen-bond acceptors (Lipinski definition) is 2. The summed E-state index contributed by atoms with van der Waals surface area (Å²) in [4.78, 5) is 11.0. The second kappa shape index (κ2) is 4.03. The summed E-state index contributed by atoms with van der Waals surface area (Å²) in [6, 6.07) is 0. The average molecular weight is 232 g/mol. The minimum Gasteiger partial charge on any atom is -0.459 e. The number of carbonyl (C=O) groups is 1. The third kappa shape index (κ3) is 3.00. The number of alkyl halides is 3. The van der Waals surface area contributed by atoms with Crippen molar-refractivity contribution in [1.29, 1.82) is 0 Å². The number of halogens is 3. The standard InChI is InChI=1S/C7H9Cl3O2/c8-7(9,10)6(11)12-5-3-1-2-4-5/h5H,1-4H2. The van der Waals surface area contributed by atoms with Gasteiger partial charge < -0.3 is 4.74 Å². The van der Waals surface area contributed by atoms with Crippen LogP contribution in [-0.2, 0) is 9.53 Å². The Bertz CT molecular complexity index is 170. The van der Waals surface area contributed by atoms with E-state index < -0.39 is 9.76 Å². The van der Waals surface area contributed by atoms with Crippen LogP contribution in [0.5, 0.6) is 0 Å². The Hall–Kier alpha value is 0.340. The lowest BCUT2D eigenvalue weighted by Gasteiger charge is -2.15. The molecule has 0 saturated heterocycles. The highest BCUT2D eigenvalue weighted by Crippen LogP contribution is 2.30. The van der Waals surface area contributed by atoms with Crippen molar-refractivity contribution < 1.29 is 9.53 Å². The van der Waals surface area contributed by atoms with Gasteiger partial charge in [-0.05, 0) is 25.7 Å². The van der Waals surface area contributed by atoms with Crippen molar-refractivity contribution in [3.63, 3.8) is 0 Å². The molecule has 12 heavy (non-hydrogen) atoms. The second-order valence-electron chi connectivity index (χ2n) is 2.81. The van der Waals surface area contributed by atoms with Crippen LogP contribution in [-0.4, -0.2) is 15.9 Å². The first-order valence-corrected chi connectivity index (χ1v) is 4.91. The average Bonchev–Trinajstić information content (AvgIpc) is 2.37. The lowest BCUT2D eigenvalue weighted by Crippen LogP contribution is -2.26. The van der Waals surface area contributed by atoms with Crippen LogP contribution in [0.3, 0.4) is 0 Å². The number of esters is 1. The van der Waals surface area contributed by atoms with Gasteiger partial charge in [0, 0.05) is 0 Å². The molecule has 0 atom stereocenters. The Labute approximate surface area is 86.1 Å². The van der Waals surface area contributed by atoms with Gasteiger partial charge in [0.25, 0.3) is 3.79 Å². The molecule has 2 nitrogen and oxygen atoms in total. The summed E-state index contributed by atoms with van der Waals surface area (Å²) < 4.78 is 3.01. The molecule has 0 aliphatic heterocycles. The Morgan fingerprint density at radius 2 is 1.75 bits per heavy atom. The third-order valence-corrected chi connectivity index (χ3v) is 2.27. The number of rotatable bonds is 1. The quantitative estimate of drug-likeness (QED) is 0.512. The highest BCUT2D eigenvalue weighted by atomic mass is 35.6. The maximum Gasteiger partial charge on any atom is 0.358 e. The fraction of sp³-hybridized carbons (Fsp3) is 0.857. The monoisotopic (exact) mass is 230 g/mol. The maximum absolute atomic E-state index is 11.0. The molecule has 0 N–H and O–H groups in total. The summed E-state index contributed by atoms with van der Waals surface area (Å²) in [6.45, 7) is 0. The number of ether oxygens (including phenoxy) is 1. The molecule has 0 spiro atoms. The maximum atomic E-state index is 11.0. The van der Waals surface area contributed by atoms with Crippen LogP contribution in [0.4, 0.5) is 0 Å². The van der Waals surface area contributed by atoms with Crippen LogP contribution in [0.2, 0.25) is 0 Å². The van der Waals surface area contributed by atoms with Gasteiger partial charge in [-0.1, -0.05) is 34.8 Å². The van der Waals surface area contributed by atoms with Crippen molar-refractivity contribution in [2.24, 2.45) is 0 Å². The minimum atomic E-state index is -1.93. The normalized spacial score (nSPS) is 19.6. The van der Waals surface area contributed by atoms with Crippen molar-refractivity contribution in [2.45, 2.75) is 35.6 Å². The Morgan fingerprint density at radius 3 is 2.17 bits per heavy atom. The van der Waals surface area contributed by atoms with E-state index in [1.54, 1.807) is 0 Å². The first-order valence-electron chi connectivity index (χ1n) is 3.78. The third-order valence-electron chi connectivity index (χ3n) is 1.81. The number of hydrogen-bond donors (Lipinski definition) is 0. The van der Waals surface area contributed by atoms with E-state index in [2.05, 4.69) is 0 Å². The van der Waals surface area contributed by atoms with Crippen molar-refractivity contribution in [3.05, 3.63) is 0 Å². The highest BCUT2D eigenvalue weighted by Gasteiger charge is 2.35. The van der Waals surface area contributed by atoms with E-state index in [4.69, 9.17) is 39.5 Å². The predicted molar refractivity (Wildman–Crippen MR) is 48.6 cm³/mol. The molecule has 0 aromatic rings. The van der Waals surface area contributed by atoms with Crippen molar-refractivity contribution in [3.8, 4) is 0 Å². The summed E-state index contributed by atoms with van der Waals surface area (Å²) in [5.74, 6) is -0.764. The van der Waals surface area contributed by atoms with E-state index in [-0.39, 0.29) is 6.10 Å². The topological polar surface area (TPSA) is 26.3 Å². The van der Waals surface area contributed by atoms with Gasteiger partial charge in [0.15, 0.2) is 0 Å². The Balaban J connectivity index is 2.35. The van der Waals surface area contributed by atoms with E-state index in [0.29, 0.717) is 0 Å². The van der Waals surface area contributed by atoms with Gasteiger partial charge >= 0.3 is 5.97 Å². The van der Waals surface area contributed by atoms with Crippen LogP contribution in [0.1, 0.15) is 25.7 Å². The zero-order valence-electron chi connectivity index (χ0n) is 6.36. The van der Waals surface area contributed by atoms with Crippen LogP contribution < -0.4 is 0 Å². The predicted octanol–water partition coefficient (Wildman–Crippen LogP) is 2.84. The molecule has 0 aromatic heterocycles. The van der Waals surface area contributed by atoms with Crippen LogP contribution in [0, 0.1) is 0 Å². The molecule has 0 radical (unpaired) electrons. The molecular weight excluding hydrogens is 222 g/mol. The van der Waals surface area contributed by atoms with E-state index in [1.165, 1.54) is 0 Å². The van der Waals surface area contributed by atoms with Crippen LogP contribution in [0.25, 0.3) is 0 Å². The zero-order valence-corrected chi connectivity index (χ0v) is 8.62. The summed E-state index contributed by atoms with van der Waals surface area (Å²) in [7, 11) is 0. The van der Waals surface area contributed by atoms with E-state index >= 15 is 0 Å². The first kappa shape index (κ1) is 10.4. The smallest absolute Gasteiger partial charge is 0.358 e. The molecule has 1 rings (SSSR count). The summed E-state index contributed by atoms with van der Waals surface area (Å²) >= 11 is 16.0. The molecule has 0 amide bonds. The van der Waals surface area contributed by atoms with Crippen LogP contribution >= 0.6 is 34.8 Å². The Kier molecular flexibility index (Phi) is 3.50. The zero-order chi connectivity index (χ0) is 9.19. The summed E-state index contributed by atoms with van der Waals surface area (Å²) in [6.07, 6.45) is 3.88. The van der Waals surface area contributed by atoms with Gasteiger partial charge in [0.05, 0.1) is 0 Å². The van der Waals surface area contributed by atoms with E-state index in [1.807, 2.05) is 0 Å². The number of carbonyl (C=O) groups excluding carboxylic acids is 1. The van der Waals surface area contributed by atoms with Crippen molar-refractivity contribution in [1.82, 2.24) is 0 Å². The van der Waals surface area contributed by atoms with Gasteiger partial charge in [-0.25, -0.2) is 4.79 Å². The lowest BCUT2D eigenvalue weighted by molar-refractivity contribution is -0.147.